The lowest BCUT2D eigenvalue weighted by Gasteiger charge is -2.19. The first-order valence-corrected chi connectivity index (χ1v) is 9.19. The number of benzene rings is 2. The van der Waals surface area contributed by atoms with E-state index in [4.69, 9.17) is 24.5 Å². The number of carboxylic acids is 2. The van der Waals surface area contributed by atoms with Crippen molar-refractivity contribution < 1.29 is 24.5 Å². The van der Waals surface area contributed by atoms with Crippen molar-refractivity contribution in [3.05, 3.63) is 64.9 Å². The van der Waals surface area contributed by atoms with E-state index in [1.54, 1.807) is 11.3 Å². The first-order valence-electron chi connectivity index (χ1n) is 8.31. The number of nitrogens with one attached hydrogen (secondary N) is 1. The van der Waals surface area contributed by atoms with E-state index in [9.17, 15) is 0 Å². The van der Waals surface area contributed by atoms with Crippen molar-refractivity contribution in [1.82, 2.24) is 5.32 Å². The molecule has 1 unspecified atom stereocenters. The van der Waals surface area contributed by atoms with Crippen molar-refractivity contribution in [2.24, 2.45) is 0 Å². The Kier molecular flexibility index (Phi) is 7.79. The molecule has 1 atom stereocenters. The van der Waals surface area contributed by atoms with E-state index in [0.29, 0.717) is 0 Å². The molecule has 6 nitrogen and oxygen atoms in total. The Balaban J connectivity index is 0.000000380. The highest BCUT2D eigenvalue weighted by Crippen LogP contribution is 2.32. The maximum atomic E-state index is 9.10. The smallest absolute Gasteiger partial charge is 0.414 e. The van der Waals surface area contributed by atoms with Crippen LogP contribution < -0.4 is 10.1 Å². The van der Waals surface area contributed by atoms with E-state index in [0.717, 1.165) is 18.7 Å². The largest absolute Gasteiger partial charge is 0.484 e. The Bertz CT molecular complexity index is 862. The minimum absolute atomic E-state index is 0.100. The van der Waals surface area contributed by atoms with Gasteiger partial charge in [-0.25, -0.2) is 9.59 Å². The molecule has 1 aromatic heterocycles. The van der Waals surface area contributed by atoms with Crippen LogP contribution in [0.2, 0.25) is 0 Å². The first-order chi connectivity index (χ1) is 13.0. The highest BCUT2D eigenvalue weighted by Gasteiger charge is 2.15. The third-order valence-corrected chi connectivity index (χ3v) is 4.68. The van der Waals surface area contributed by atoms with E-state index in [1.165, 1.54) is 15.6 Å². The van der Waals surface area contributed by atoms with E-state index >= 15 is 0 Å². The molecule has 0 fully saturated rings. The molecular formula is C20H21NO5S. The predicted octanol–water partition coefficient (Wildman–Crippen LogP) is 3.79. The van der Waals surface area contributed by atoms with Gasteiger partial charge in [-0.05, 0) is 36.5 Å². The molecule has 27 heavy (non-hydrogen) atoms. The minimum Gasteiger partial charge on any atom is -0.484 e. The summed E-state index contributed by atoms with van der Waals surface area (Å²) in [7, 11) is 1.98. The van der Waals surface area contributed by atoms with Gasteiger partial charge in [0.25, 0.3) is 0 Å². The van der Waals surface area contributed by atoms with Crippen LogP contribution >= 0.6 is 11.3 Å². The van der Waals surface area contributed by atoms with Crippen LogP contribution in [-0.4, -0.2) is 35.7 Å². The van der Waals surface area contributed by atoms with E-state index in [2.05, 4.69) is 65.3 Å². The lowest BCUT2D eigenvalue weighted by Crippen LogP contribution is -2.15. The highest BCUT2D eigenvalue weighted by atomic mass is 32.1. The number of ether oxygens (including phenoxy) is 1. The molecule has 3 aromatic rings. The summed E-state index contributed by atoms with van der Waals surface area (Å²) in [5, 5.41) is 22.5. The van der Waals surface area contributed by atoms with Crippen LogP contribution in [0.5, 0.6) is 5.75 Å². The van der Waals surface area contributed by atoms with Crippen LogP contribution in [-0.2, 0) is 9.59 Å². The molecule has 7 heteroatoms. The minimum atomic E-state index is -1.82. The van der Waals surface area contributed by atoms with Crippen LogP contribution in [0.1, 0.15) is 17.4 Å². The molecule has 0 spiro atoms. The fourth-order valence-corrected chi connectivity index (χ4v) is 3.25. The van der Waals surface area contributed by atoms with Crippen molar-refractivity contribution in [2.75, 3.05) is 13.6 Å². The van der Waals surface area contributed by atoms with Crippen LogP contribution in [0.25, 0.3) is 10.8 Å². The van der Waals surface area contributed by atoms with Gasteiger partial charge in [-0.1, -0.05) is 42.5 Å². The van der Waals surface area contributed by atoms with Crippen LogP contribution in [0, 0.1) is 0 Å². The van der Waals surface area contributed by atoms with Gasteiger partial charge in [0.2, 0.25) is 0 Å². The van der Waals surface area contributed by atoms with Gasteiger partial charge < -0.3 is 20.3 Å². The van der Waals surface area contributed by atoms with Crippen molar-refractivity contribution >= 4 is 34.0 Å². The van der Waals surface area contributed by atoms with Gasteiger partial charge in [0.05, 0.1) is 0 Å². The quantitative estimate of drug-likeness (QED) is 0.557. The SMILES string of the molecule is CNCCC(Oc1cccc2ccccc12)c1cccs1.O=C(O)C(=O)O. The molecule has 0 saturated carbocycles. The number of rotatable bonds is 6. The number of fused-ring (bicyclic) bond motifs is 1. The standard InChI is InChI=1S/C18H19NOS.C2H2O4/c1-19-12-11-17(18-10-5-13-21-18)20-16-9-4-7-14-6-2-3-8-15(14)16;3-1(4)2(5)6/h2-10,13,17,19H,11-12H2,1H3;(H,3,4)(H,5,6). The van der Waals surface area contributed by atoms with Gasteiger partial charge in [0, 0.05) is 16.7 Å². The molecular weight excluding hydrogens is 366 g/mol. The van der Waals surface area contributed by atoms with Gasteiger partial charge in [-0.15, -0.1) is 11.3 Å². The van der Waals surface area contributed by atoms with Gasteiger partial charge in [-0.2, -0.15) is 0 Å². The topological polar surface area (TPSA) is 95.9 Å². The molecule has 0 aliphatic heterocycles. The molecule has 0 amide bonds. The molecule has 0 aliphatic rings. The van der Waals surface area contributed by atoms with Gasteiger partial charge in [0.15, 0.2) is 0 Å². The zero-order valence-electron chi connectivity index (χ0n) is 14.8. The molecule has 3 N–H and O–H groups in total. The summed E-state index contributed by atoms with van der Waals surface area (Å²) in [5.41, 5.74) is 0. The summed E-state index contributed by atoms with van der Waals surface area (Å²) < 4.78 is 6.34. The normalized spacial score (nSPS) is 11.3. The zero-order chi connectivity index (χ0) is 19.6. The second-order valence-electron chi connectivity index (χ2n) is 5.60. The summed E-state index contributed by atoms with van der Waals surface area (Å²) in [6.45, 7) is 0.938. The van der Waals surface area contributed by atoms with E-state index in [1.807, 2.05) is 7.05 Å². The fraction of sp³-hybridized carbons (Fsp3) is 0.200. The Morgan fingerprint density at radius 2 is 1.74 bits per heavy atom. The van der Waals surface area contributed by atoms with E-state index in [-0.39, 0.29) is 6.10 Å². The molecule has 142 valence electrons. The summed E-state index contributed by atoms with van der Waals surface area (Å²) in [6.07, 6.45) is 1.06. The molecule has 2 aromatic carbocycles. The molecule has 0 bridgehead atoms. The number of hydrogen-bond acceptors (Lipinski definition) is 5. The first kappa shape index (κ1) is 20.4. The second kappa shape index (κ2) is 10.3. The van der Waals surface area contributed by atoms with Crippen molar-refractivity contribution in [2.45, 2.75) is 12.5 Å². The molecule has 0 saturated heterocycles. The molecule has 0 radical (unpaired) electrons. The maximum absolute atomic E-state index is 9.10. The lowest BCUT2D eigenvalue weighted by molar-refractivity contribution is -0.159. The summed E-state index contributed by atoms with van der Waals surface area (Å²) >= 11 is 1.75. The average molecular weight is 387 g/mol. The zero-order valence-corrected chi connectivity index (χ0v) is 15.6. The van der Waals surface area contributed by atoms with Gasteiger partial charge in [0.1, 0.15) is 11.9 Å². The Hall–Kier alpha value is -2.90. The lowest BCUT2D eigenvalue weighted by atomic mass is 10.1. The number of carboxylic acid groups (broad SMARTS) is 2. The fourth-order valence-electron chi connectivity index (χ4n) is 2.46. The molecule has 0 aliphatic carbocycles. The number of hydrogen-bond donors (Lipinski definition) is 3. The number of carbonyl (C=O) groups is 2. The van der Waals surface area contributed by atoms with Crippen molar-refractivity contribution in [1.29, 1.82) is 0 Å². The second-order valence-corrected chi connectivity index (χ2v) is 6.58. The summed E-state index contributed by atoms with van der Waals surface area (Å²) in [5.74, 6) is -2.69. The van der Waals surface area contributed by atoms with Crippen LogP contribution in [0.15, 0.2) is 60.0 Å². The highest BCUT2D eigenvalue weighted by molar-refractivity contribution is 7.10. The molecule has 3 rings (SSSR count). The van der Waals surface area contributed by atoms with E-state index < -0.39 is 11.9 Å². The maximum Gasteiger partial charge on any atom is 0.414 e. The number of thiophene rings is 1. The van der Waals surface area contributed by atoms with Crippen LogP contribution in [0.3, 0.4) is 0 Å². The molecule has 1 heterocycles. The average Bonchev–Trinajstić information content (AvgIpc) is 3.20. The monoisotopic (exact) mass is 387 g/mol. The predicted molar refractivity (Wildman–Crippen MR) is 105 cm³/mol. The third kappa shape index (κ3) is 6.09. The summed E-state index contributed by atoms with van der Waals surface area (Å²) in [6, 6.07) is 18.8. The van der Waals surface area contributed by atoms with Crippen molar-refractivity contribution in [3.8, 4) is 5.75 Å². The van der Waals surface area contributed by atoms with Gasteiger partial charge >= 0.3 is 11.9 Å². The summed E-state index contributed by atoms with van der Waals surface area (Å²) in [4.78, 5) is 19.5. The Morgan fingerprint density at radius 1 is 1.04 bits per heavy atom. The Labute approximate surface area is 161 Å². The Morgan fingerprint density at radius 3 is 2.37 bits per heavy atom. The van der Waals surface area contributed by atoms with Crippen molar-refractivity contribution in [3.63, 3.8) is 0 Å². The van der Waals surface area contributed by atoms with Crippen LogP contribution in [0.4, 0.5) is 0 Å². The number of aliphatic carboxylic acids is 2. The third-order valence-electron chi connectivity index (χ3n) is 3.72. The van der Waals surface area contributed by atoms with Gasteiger partial charge in [-0.3, -0.25) is 0 Å².